The van der Waals surface area contributed by atoms with Crippen LogP contribution in [0.25, 0.3) is 22.2 Å². The van der Waals surface area contributed by atoms with Crippen LogP contribution in [0.2, 0.25) is 5.02 Å². The minimum Gasteiger partial charge on any atom is -0.336 e. The molecule has 3 heteroatoms. The second kappa shape index (κ2) is 6.14. The summed E-state index contributed by atoms with van der Waals surface area (Å²) in [5.41, 5.74) is 4.44. The van der Waals surface area contributed by atoms with Gasteiger partial charge in [0.25, 0.3) is 0 Å². The number of rotatable bonds is 3. The second-order valence-corrected chi connectivity index (χ2v) is 6.25. The lowest BCUT2D eigenvalue weighted by atomic mass is 10.1. The van der Waals surface area contributed by atoms with Gasteiger partial charge in [-0.05, 0) is 47.5 Å². The van der Waals surface area contributed by atoms with Gasteiger partial charge in [-0.1, -0.05) is 54.1 Å². The van der Waals surface area contributed by atoms with Crippen LogP contribution in [0.4, 0.5) is 4.39 Å². The summed E-state index contributed by atoms with van der Waals surface area (Å²) in [5.74, 6) is -0.217. The van der Waals surface area contributed by atoms with E-state index in [1.165, 1.54) is 12.1 Å². The Labute approximate surface area is 144 Å². The van der Waals surface area contributed by atoms with E-state index in [9.17, 15) is 4.39 Å². The van der Waals surface area contributed by atoms with Crippen molar-refractivity contribution in [1.82, 2.24) is 4.57 Å². The standard InChI is InChI=1S/C21H15ClFN/c22-18-8-11-20-17(12-18)13-21(16-4-2-1-3-5-16)24(20)14-15-6-9-19(23)10-7-15/h1-13H,14H2. The Morgan fingerprint density at radius 2 is 1.58 bits per heavy atom. The molecule has 0 amide bonds. The van der Waals surface area contributed by atoms with Crippen molar-refractivity contribution < 1.29 is 4.39 Å². The van der Waals surface area contributed by atoms with Crippen molar-refractivity contribution >= 4 is 22.5 Å². The van der Waals surface area contributed by atoms with E-state index < -0.39 is 0 Å². The third-order valence-electron chi connectivity index (χ3n) is 4.19. The van der Waals surface area contributed by atoms with Crippen molar-refractivity contribution in [3.05, 3.63) is 95.3 Å². The van der Waals surface area contributed by atoms with E-state index in [0.29, 0.717) is 6.54 Å². The van der Waals surface area contributed by atoms with Gasteiger partial charge < -0.3 is 4.57 Å². The number of halogens is 2. The lowest BCUT2D eigenvalue weighted by Crippen LogP contribution is -2.01. The lowest BCUT2D eigenvalue weighted by molar-refractivity contribution is 0.626. The summed E-state index contributed by atoms with van der Waals surface area (Å²) in [5, 5.41) is 1.82. The highest BCUT2D eigenvalue weighted by Crippen LogP contribution is 2.30. The fourth-order valence-corrected chi connectivity index (χ4v) is 3.21. The van der Waals surface area contributed by atoms with Crippen molar-refractivity contribution in [2.24, 2.45) is 0 Å². The minimum absolute atomic E-state index is 0.217. The molecule has 4 rings (SSSR count). The zero-order valence-corrected chi connectivity index (χ0v) is 13.7. The van der Waals surface area contributed by atoms with Crippen LogP contribution in [-0.2, 0) is 6.54 Å². The Balaban J connectivity index is 1.89. The number of benzene rings is 3. The number of fused-ring (bicyclic) bond motifs is 1. The summed E-state index contributed by atoms with van der Waals surface area (Å²) < 4.78 is 15.4. The molecule has 0 N–H and O–H groups in total. The monoisotopic (exact) mass is 335 g/mol. The maximum atomic E-state index is 13.2. The fraction of sp³-hybridized carbons (Fsp3) is 0.0476. The molecular weight excluding hydrogens is 321 g/mol. The van der Waals surface area contributed by atoms with Crippen LogP contribution in [0.3, 0.4) is 0 Å². The predicted molar refractivity (Wildman–Crippen MR) is 97.9 cm³/mol. The van der Waals surface area contributed by atoms with Crippen molar-refractivity contribution in [2.75, 3.05) is 0 Å². The van der Waals surface area contributed by atoms with Crippen LogP contribution in [-0.4, -0.2) is 4.57 Å². The van der Waals surface area contributed by atoms with Crippen LogP contribution in [0.1, 0.15) is 5.56 Å². The minimum atomic E-state index is -0.217. The Morgan fingerprint density at radius 3 is 2.33 bits per heavy atom. The van der Waals surface area contributed by atoms with Crippen LogP contribution in [0.15, 0.2) is 78.9 Å². The quantitative estimate of drug-likeness (QED) is 0.423. The van der Waals surface area contributed by atoms with Gasteiger partial charge in [-0.15, -0.1) is 0 Å². The first-order chi connectivity index (χ1) is 11.7. The maximum absolute atomic E-state index is 13.2. The van der Waals surface area contributed by atoms with E-state index in [2.05, 4.69) is 22.8 Å². The number of nitrogens with zero attached hydrogens (tertiary/aromatic N) is 1. The molecule has 1 nitrogen and oxygen atoms in total. The first kappa shape index (κ1) is 15.0. The van der Waals surface area contributed by atoms with Crippen molar-refractivity contribution in [3.8, 4) is 11.3 Å². The normalized spacial score (nSPS) is 11.1. The van der Waals surface area contributed by atoms with Crippen molar-refractivity contribution in [2.45, 2.75) is 6.54 Å². The van der Waals surface area contributed by atoms with Crippen molar-refractivity contribution in [3.63, 3.8) is 0 Å². The summed E-state index contributed by atoms with van der Waals surface area (Å²) in [6.07, 6.45) is 0. The Kier molecular flexibility index (Phi) is 3.83. The SMILES string of the molecule is Fc1ccc(Cn2c(-c3ccccc3)cc3cc(Cl)ccc32)cc1. The van der Waals surface area contributed by atoms with Crippen LogP contribution in [0, 0.1) is 5.82 Å². The molecule has 0 radical (unpaired) electrons. The predicted octanol–water partition coefficient (Wildman–Crippen LogP) is 6.15. The zero-order chi connectivity index (χ0) is 16.5. The average Bonchev–Trinajstić information content (AvgIpc) is 2.95. The number of hydrogen-bond donors (Lipinski definition) is 0. The molecule has 0 atom stereocenters. The van der Waals surface area contributed by atoms with Gasteiger partial charge in [-0.2, -0.15) is 0 Å². The Hall–Kier alpha value is -2.58. The number of hydrogen-bond acceptors (Lipinski definition) is 0. The molecule has 24 heavy (non-hydrogen) atoms. The molecule has 118 valence electrons. The van der Waals surface area contributed by atoms with Gasteiger partial charge in [-0.25, -0.2) is 4.39 Å². The third-order valence-corrected chi connectivity index (χ3v) is 4.42. The maximum Gasteiger partial charge on any atom is 0.123 e. The molecule has 3 aromatic carbocycles. The average molecular weight is 336 g/mol. The summed E-state index contributed by atoms with van der Waals surface area (Å²) in [7, 11) is 0. The molecule has 4 aromatic rings. The van der Waals surface area contributed by atoms with E-state index in [-0.39, 0.29) is 5.82 Å². The highest BCUT2D eigenvalue weighted by molar-refractivity contribution is 6.31. The van der Waals surface area contributed by atoms with Gasteiger partial charge in [0.1, 0.15) is 5.82 Å². The third kappa shape index (κ3) is 2.81. The van der Waals surface area contributed by atoms with Crippen molar-refractivity contribution in [1.29, 1.82) is 0 Å². The van der Waals surface area contributed by atoms with E-state index in [1.807, 2.05) is 48.5 Å². The molecule has 0 fully saturated rings. The topological polar surface area (TPSA) is 4.93 Å². The Morgan fingerprint density at radius 1 is 0.833 bits per heavy atom. The molecule has 0 bridgehead atoms. The zero-order valence-electron chi connectivity index (χ0n) is 12.9. The van der Waals surface area contributed by atoms with E-state index in [0.717, 1.165) is 32.7 Å². The molecule has 0 saturated heterocycles. The van der Waals surface area contributed by atoms with Gasteiger partial charge in [0, 0.05) is 28.2 Å². The summed E-state index contributed by atoms with van der Waals surface area (Å²) in [6.45, 7) is 0.676. The van der Waals surface area contributed by atoms with Gasteiger partial charge in [0.05, 0.1) is 0 Å². The second-order valence-electron chi connectivity index (χ2n) is 5.81. The molecule has 0 saturated carbocycles. The molecule has 0 unspecified atom stereocenters. The molecule has 0 aliphatic heterocycles. The first-order valence-electron chi connectivity index (χ1n) is 7.79. The van der Waals surface area contributed by atoms with Gasteiger partial charge in [0.2, 0.25) is 0 Å². The summed E-state index contributed by atoms with van der Waals surface area (Å²) in [4.78, 5) is 0. The molecular formula is C21H15ClFN. The fourth-order valence-electron chi connectivity index (χ4n) is 3.03. The molecule has 0 aliphatic carbocycles. The molecule has 0 spiro atoms. The molecule has 1 heterocycles. The van der Waals surface area contributed by atoms with E-state index in [1.54, 1.807) is 0 Å². The van der Waals surface area contributed by atoms with Gasteiger partial charge in [0.15, 0.2) is 0 Å². The highest BCUT2D eigenvalue weighted by Gasteiger charge is 2.11. The Bertz CT molecular complexity index is 988. The number of aromatic nitrogens is 1. The van der Waals surface area contributed by atoms with Gasteiger partial charge >= 0.3 is 0 Å². The summed E-state index contributed by atoms with van der Waals surface area (Å²) >= 11 is 6.15. The highest BCUT2D eigenvalue weighted by atomic mass is 35.5. The molecule has 1 aromatic heterocycles. The van der Waals surface area contributed by atoms with E-state index in [4.69, 9.17) is 11.6 Å². The summed E-state index contributed by atoms with van der Waals surface area (Å²) in [6, 6.07) is 25.0. The smallest absolute Gasteiger partial charge is 0.123 e. The molecule has 0 aliphatic rings. The lowest BCUT2D eigenvalue weighted by Gasteiger charge is -2.11. The first-order valence-corrected chi connectivity index (χ1v) is 8.17. The van der Waals surface area contributed by atoms with Gasteiger partial charge in [-0.3, -0.25) is 0 Å². The van der Waals surface area contributed by atoms with Crippen LogP contribution >= 0.6 is 11.6 Å². The van der Waals surface area contributed by atoms with Crippen LogP contribution in [0.5, 0.6) is 0 Å². The van der Waals surface area contributed by atoms with E-state index >= 15 is 0 Å². The largest absolute Gasteiger partial charge is 0.336 e. The van der Waals surface area contributed by atoms with Crippen LogP contribution < -0.4 is 0 Å².